The van der Waals surface area contributed by atoms with Crippen molar-refractivity contribution < 1.29 is 18.9 Å². The third-order valence-electron chi connectivity index (χ3n) is 3.15. The first-order valence-electron chi connectivity index (χ1n) is 5.78. The smallest absolute Gasteiger partial charge is 0.173 e. The Labute approximate surface area is 105 Å². The molecule has 0 amide bonds. The molecule has 8 heteroatoms. The molecule has 5 atom stereocenters. The van der Waals surface area contributed by atoms with Gasteiger partial charge in [-0.05, 0) is 19.4 Å². The number of nitrogens with zero attached hydrogens (tertiary/aromatic N) is 3. The Hall–Kier alpha value is -0.890. The lowest BCUT2D eigenvalue weighted by atomic mass is 9.94. The summed E-state index contributed by atoms with van der Waals surface area (Å²) >= 11 is 0. The number of ether oxygens (including phenoxy) is 4. The standard InChI is InChI=1S/C10H18N4O4/c1-10(2)16-4-5-8(18-10)7(13-14-12)6(11)9(15-3)17-5/h5-9H,4,11H2,1-3H3/t5-,6-,7-,8-,9-/m1/s1. The fraction of sp³-hybridized carbons (Fsp3) is 1.00. The van der Waals surface area contributed by atoms with Gasteiger partial charge in [-0.25, -0.2) is 0 Å². The Bertz CT molecular complexity index is 358. The maximum atomic E-state index is 8.65. The third kappa shape index (κ3) is 2.44. The lowest BCUT2D eigenvalue weighted by molar-refractivity contribution is -0.350. The van der Waals surface area contributed by atoms with Crippen LogP contribution in [0.4, 0.5) is 0 Å². The topological polar surface area (TPSA) is 112 Å². The van der Waals surface area contributed by atoms with Crippen LogP contribution in [0.3, 0.4) is 0 Å². The Morgan fingerprint density at radius 3 is 2.83 bits per heavy atom. The summed E-state index contributed by atoms with van der Waals surface area (Å²) in [5.74, 6) is -0.743. The molecule has 2 N–H and O–H groups in total. The van der Waals surface area contributed by atoms with E-state index in [0.717, 1.165) is 0 Å². The van der Waals surface area contributed by atoms with Crippen LogP contribution in [0.1, 0.15) is 13.8 Å². The van der Waals surface area contributed by atoms with Crippen LogP contribution in [0.2, 0.25) is 0 Å². The van der Waals surface area contributed by atoms with Crippen molar-refractivity contribution in [3.05, 3.63) is 10.4 Å². The highest BCUT2D eigenvalue weighted by molar-refractivity contribution is 4.99. The van der Waals surface area contributed by atoms with Crippen molar-refractivity contribution in [2.75, 3.05) is 13.7 Å². The molecule has 2 saturated heterocycles. The third-order valence-corrected chi connectivity index (χ3v) is 3.15. The van der Waals surface area contributed by atoms with Gasteiger partial charge in [-0.2, -0.15) is 0 Å². The maximum Gasteiger partial charge on any atom is 0.173 e. The average molecular weight is 258 g/mol. The lowest BCUT2D eigenvalue weighted by Gasteiger charge is -2.49. The molecule has 0 aliphatic carbocycles. The molecule has 0 aromatic heterocycles. The highest BCUT2D eigenvalue weighted by Crippen LogP contribution is 2.33. The van der Waals surface area contributed by atoms with Crippen molar-refractivity contribution in [3.8, 4) is 0 Å². The van der Waals surface area contributed by atoms with Crippen LogP contribution in [-0.2, 0) is 18.9 Å². The van der Waals surface area contributed by atoms with Gasteiger partial charge in [-0.1, -0.05) is 5.11 Å². The second kappa shape index (κ2) is 5.00. The first-order chi connectivity index (χ1) is 8.48. The van der Waals surface area contributed by atoms with E-state index < -0.39 is 30.3 Å². The fourth-order valence-electron chi connectivity index (χ4n) is 2.28. The molecular weight excluding hydrogens is 240 g/mol. The number of fused-ring (bicyclic) bond motifs is 1. The van der Waals surface area contributed by atoms with Crippen LogP contribution in [0, 0.1) is 0 Å². The Kier molecular flexibility index (Phi) is 3.76. The van der Waals surface area contributed by atoms with Crippen molar-refractivity contribution in [1.29, 1.82) is 0 Å². The van der Waals surface area contributed by atoms with E-state index in [1.54, 1.807) is 13.8 Å². The SMILES string of the molecule is CO[C@@H]1O[C@@H]2COC(C)(C)O[C@H]2[C@H](N=[N+]=[N-])[C@H]1N. The van der Waals surface area contributed by atoms with Gasteiger partial charge in [0.1, 0.15) is 6.10 Å². The van der Waals surface area contributed by atoms with E-state index in [4.69, 9.17) is 30.2 Å². The van der Waals surface area contributed by atoms with Crippen molar-refractivity contribution in [1.82, 2.24) is 0 Å². The molecule has 8 nitrogen and oxygen atoms in total. The van der Waals surface area contributed by atoms with Gasteiger partial charge < -0.3 is 24.7 Å². The van der Waals surface area contributed by atoms with Crippen molar-refractivity contribution in [3.63, 3.8) is 0 Å². The fourth-order valence-corrected chi connectivity index (χ4v) is 2.28. The molecule has 18 heavy (non-hydrogen) atoms. The number of nitrogens with two attached hydrogens (primary N) is 1. The van der Waals surface area contributed by atoms with Gasteiger partial charge in [-0.3, -0.25) is 0 Å². The van der Waals surface area contributed by atoms with Crippen molar-refractivity contribution >= 4 is 0 Å². The molecule has 2 heterocycles. The van der Waals surface area contributed by atoms with E-state index in [1.165, 1.54) is 7.11 Å². The zero-order valence-corrected chi connectivity index (χ0v) is 10.6. The highest BCUT2D eigenvalue weighted by atomic mass is 16.8. The molecular formula is C10H18N4O4. The largest absolute Gasteiger partial charge is 0.354 e. The molecule has 0 unspecified atom stereocenters. The predicted molar refractivity (Wildman–Crippen MR) is 61.5 cm³/mol. The van der Waals surface area contributed by atoms with Gasteiger partial charge in [0.15, 0.2) is 12.1 Å². The minimum Gasteiger partial charge on any atom is -0.354 e. The van der Waals surface area contributed by atoms with E-state index >= 15 is 0 Å². The van der Waals surface area contributed by atoms with E-state index in [-0.39, 0.29) is 6.10 Å². The molecule has 0 aromatic carbocycles. The van der Waals surface area contributed by atoms with Gasteiger partial charge in [0.05, 0.1) is 24.8 Å². The van der Waals surface area contributed by atoms with Gasteiger partial charge >= 0.3 is 0 Å². The molecule has 0 bridgehead atoms. The highest BCUT2D eigenvalue weighted by Gasteiger charge is 2.50. The first kappa shape index (κ1) is 13.5. The molecule has 0 aromatic rings. The molecule has 102 valence electrons. The summed E-state index contributed by atoms with van der Waals surface area (Å²) in [4.78, 5) is 2.83. The van der Waals surface area contributed by atoms with Crippen LogP contribution in [0.15, 0.2) is 5.11 Å². The van der Waals surface area contributed by atoms with Gasteiger partial charge in [0.2, 0.25) is 0 Å². The molecule has 2 aliphatic rings. The quantitative estimate of drug-likeness (QED) is 0.440. The predicted octanol–water partition coefficient (Wildman–Crippen LogP) is 0.515. The van der Waals surface area contributed by atoms with E-state index in [1.807, 2.05) is 0 Å². The summed E-state index contributed by atoms with van der Waals surface area (Å²) in [7, 11) is 1.49. The zero-order chi connectivity index (χ0) is 13.3. The Morgan fingerprint density at radius 1 is 1.50 bits per heavy atom. The molecule has 0 radical (unpaired) electrons. The number of azide groups is 1. The molecule has 0 spiro atoms. The number of hydrogen-bond donors (Lipinski definition) is 1. The maximum absolute atomic E-state index is 8.65. The summed E-state index contributed by atoms with van der Waals surface area (Å²) in [5.41, 5.74) is 14.6. The van der Waals surface area contributed by atoms with Crippen molar-refractivity contribution in [2.45, 2.75) is 50.2 Å². The first-order valence-corrected chi connectivity index (χ1v) is 5.78. The molecule has 2 rings (SSSR count). The van der Waals surface area contributed by atoms with E-state index in [2.05, 4.69) is 10.0 Å². The second-order valence-corrected chi connectivity index (χ2v) is 4.84. The van der Waals surface area contributed by atoms with E-state index in [0.29, 0.717) is 6.61 Å². The van der Waals surface area contributed by atoms with Crippen LogP contribution < -0.4 is 5.73 Å². The summed E-state index contributed by atoms with van der Waals surface area (Å²) < 4.78 is 22.0. The number of hydrogen-bond acceptors (Lipinski definition) is 6. The van der Waals surface area contributed by atoms with Crippen LogP contribution in [0.25, 0.3) is 10.4 Å². The van der Waals surface area contributed by atoms with Crippen LogP contribution in [-0.4, -0.2) is 50.1 Å². The average Bonchev–Trinajstić information content (AvgIpc) is 2.32. The minimum atomic E-state index is -0.743. The lowest BCUT2D eigenvalue weighted by Crippen LogP contribution is -2.66. The number of methoxy groups -OCH3 is 1. The molecule has 0 saturated carbocycles. The van der Waals surface area contributed by atoms with Crippen molar-refractivity contribution in [2.24, 2.45) is 10.8 Å². The summed E-state index contributed by atoms with van der Waals surface area (Å²) in [6, 6.07) is -1.11. The molecule has 2 fully saturated rings. The van der Waals surface area contributed by atoms with Gasteiger partial charge in [0, 0.05) is 12.0 Å². The Balaban J connectivity index is 2.23. The van der Waals surface area contributed by atoms with E-state index in [9.17, 15) is 0 Å². The monoisotopic (exact) mass is 258 g/mol. The second-order valence-electron chi connectivity index (χ2n) is 4.84. The van der Waals surface area contributed by atoms with Crippen LogP contribution >= 0.6 is 0 Å². The van der Waals surface area contributed by atoms with Gasteiger partial charge in [0.25, 0.3) is 0 Å². The van der Waals surface area contributed by atoms with Gasteiger partial charge in [-0.15, -0.1) is 0 Å². The number of rotatable bonds is 2. The summed E-state index contributed by atoms with van der Waals surface area (Å²) in [5, 5.41) is 3.73. The summed E-state index contributed by atoms with van der Waals surface area (Å²) in [6.07, 6.45) is -1.40. The zero-order valence-electron chi connectivity index (χ0n) is 10.6. The summed E-state index contributed by atoms with van der Waals surface area (Å²) in [6.45, 7) is 3.94. The van der Waals surface area contributed by atoms with Crippen LogP contribution in [0.5, 0.6) is 0 Å². The molecule has 2 aliphatic heterocycles. The minimum absolute atomic E-state index is 0.349. The normalized spacial score (nSPS) is 42.8. The Morgan fingerprint density at radius 2 is 2.22 bits per heavy atom.